The highest BCUT2D eigenvalue weighted by atomic mass is 19.1. The Hall–Kier alpha value is -1.69. The Kier molecular flexibility index (Phi) is 4.54. The van der Waals surface area contributed by atoms with Crippen LogP contribution in [-0.2, 0) is 0 Å². The summed E-state index contributed by atoms with van der Waals surface area (Å²) in [6.07, 6.45) is 4.26. The van der Waals surface area contributed by atoms with E-state index in [0.29, 0.717) is 18.2 Å². The van der Waals surface area contributed by atoms with Crippen molar-refractivity contribution in [3.63, 3.8) is 0 Å². The number of hydrogen-bond acceptors (Lipinski definition) is 4. The van der Waals surface area contributed by atoms with E-state index in [4.69, 9.17) is 5.73 Å². The molecule has 0 aromatic heterocycles. The molecule has 0 saturated heterocycles. The van der Waals surface area contributed by atoms with Gasteiger partial charge in [-0.3, -0.25) is 10.1 Å². The Balaban J connectivity index is 2.32. The van der Waals surface area contributed by atoms with E-state index in [1.807, 2.05) is 11.9 Å². The highest BCUT2D eigenvalue weighted by molar-refractivity contribution is 5.63. The standard InChI is InChI=1S/C14H20FN3O2/c1-17(12-5-3-2-4-10(12)9-16)13-7-6-11(15)8-14(13)18(19)20/h6-8,10,12H,2-5,9,16H2,1H3. The molecule has 0 bridgehead atoms. The average molecular weight is 281 g/mol. The number of anilines is 1. The van der Waals surface area contributed by atoms with Gasteiger partial charge in [0.2, 0.25) is 0 Å². The zero-order chi connectivity index (χ0) is 14.7. The highest BCUT2D eigenvalue weighted by Crippen LogP contribution is 2.35. The topological polar surface area (TPSA) is 72.4 Å². The summed E-state index contributed by atoms with van der Waals surface area (Å²) in [7, 11) is 1.83. The molecule has 0 radical (unpaired) electrons. The minimum atomic E-state index is -0.590. The van der Waals surface area contributed by atoms with Crippen molar-refractivity contribution in [2.75, 3.05) is 18.5 Å². The van der Waals surface area contributed by atoms with Gasteiger partial charge in [-0.05, 0) is 37.4 Å². The minimum Gasteiger partial charge on any atom is -0.366 e. The van der Waals surface area contributed by atoms with Crippen LogP contribution >= 0.6 is 0 Å². The summed E-state index contributed by atoms with van der Waals surface area (Å²) in [4.78, 5) is 12.5. The zero-order valence-corrected chi connectivity index (χ0v) is 11.6. The second kappa shape index (κ2) is 6.17. The molecule has 1 aliphatic carbocycles. The smallest absolute Gasteiger partial charge is 0.295 e. The van der Waals surface area contributed by atoms with Crippen LogP contribution in [0.1, 0.15) is 25.7 Å². The summed E-state index contributed by atoms with van der Waals surface area (Å²) in [6, 6.07) is 3.90. The fraction of sp³-hybridized carbons (Fsp3) is 0.571. The molecule has 2 unspecified atom stereocenters. The molecule has 1 aromatic carbocycles. The van der Waals surface area contributed by atoms with Crippen LogP contribution in [0.4, 0.5) is 15.8 Å². The van der Waals surface area contributed by atoms with Crippen molar-refractivity contribution in [3.05, 3.63) is 34.1 Å². The van der Waals surface area contributed by atoms with Crippen LogP contribution in [0.5, 0.6) is 0 Å². The largest absolute Gasteiger partial charge is 0.366 e. The first-order chi connectivity index (χ1) is 9.54. The van der Waals surface area contributed by atoms with Crippen molar-refractivity contribution >= 4 is 11.4 Å². The molecule has 2 atom stereocenters. The lowest BCUT2D eigenvalue weighted by Crippen LogP contribution is -2.43. The highest BCUT2D eigenvalue weighted by Gasteiger charge is 2.30. The molecule has 5 nitrogen and oxygen atoms in total. The van der Waals surface area contributed by atoms with Gasteiger partial charge in [0.25, 0.3) is 5.69 Å². The van der Waals surface area contributed by atoms with Crippen LogP contribution in [-0.4, -0.2) is 24.6 Å². The van der Waals surface area contributed by atoms with Crippen LogP contribution in [0.2, 0.25) is 0 Å². The molecule has 2 N–H and O–H groups in total. The first-order valence-corrected chi connectivity index (χ1v) is 6.91. The Morgan fingerprint density at radius 1 is 1.45 bits per heavy atom. The van der Waals surface area contributed by atoms with E-state index < -0.39 is 10.7 Å². The van der Waals surface area contributed by atoms with Gasteiger partial charge in [0.1, 0.15) is 11.5 Å². The van der Waals surface area contributed by atoms with Gasteiger partial charge in [0, 0.05) is 13.1 Å². The van der Waals surface area contributed by atoms with E-state index in [1.54, 1.807) is 0 Å². The van der Waals surface area contributed by atoms with E-state index in [0.717, 1.165) is 31.7 Å². The van der Waals surface area contributed by atoms with Crippen molar-refractivity contribution in [1.29, 1.82) is 0 Å². The summed E-state index contributed by atoms with van der Waals surface area (Å²) in [5.74, 6) is -0.258. The van der Waals surface area contributed by atoms with Gasteiger partial charge in [-0.2, -0.15) is 0 Å². The van der Waals surface area contributed by atoms with Crippen molar-refractivity contribution in [1.82, 2.24) is 0 Å². The molecule has 2 rings (SSSR count). The SMILES string of the molecule is CN(c1ccc(F)cc1[N+](=O)[O-])C1CCCCC1CN. The van der Waals surface area contributed by atoms with Gasteiger partial charge in [0.05, 0.1) is 11.0 Å². The maximum absolute atomic E-state index is 13.2. The summed E-state index contributed by atoms with van der Waals surface area (Å²) in [5.41, 5.74) is 6.08. The van der Waals surface area contributed by atoms with Crippen molar-refractivity contribution in [2.45, 2.75) is 31.7 Å². The van der Waals surface area contributed by atoms with Crippen LogP contribution < -0.4 is 10.6 Å². The Labute approximate surface area is 117 Å². The average Bonchev–Trinajstić information content (AvgIpc) is 2.46. The van der Waals surface area contributed by atoms with Gasteiger partial charge < -0.3 is 10.6 Å². The normalized spacial score (nSPS) is 22.6. The third-order valence-corrected chi connectivity index (χ3v) is 4.18. The van der Waals surface area contributed by atoms with E-state index in [9.17, 15) is 14.5 Å². The predicted octanol–water partition coefficient (Wildman–Crippen LogP) is 2.69. The molecule has 20 heavy (non-hydrogen) atoms. The molecule has 1 fully saturated rings. The Morgan fingerprint density at radius 3 is 2.80 bits per heavy atom. The molecule has 0 aliphatic heterocycles. The molecule has 1 aromatic rings. The van der Waals surface area contributed by atoms with Crippen LogP contribution in [0.3, 0.4) is 0 Å². The molecule has 1 saturated carbocycles. The lowest BCUT2D eigenvalue weighted by Gasteiger charge is -2.38. The second-order valence-electron chi connectivity index (χ2n) is 5.35. The number of nitro benzene ring substituents is 1. The van der Waals surface area contributed by atoms with E-state index in [-0.39, 0.29) is 11.7 Å². The number of rotatable bonds is 4. The lowest BCUT2D eigenvalue weighted by molar-refractivity contribution is -0.384. The molecule has 0 heterocycles. The first-order valence-electron chi connectivity index (χ1n) is 6.91. The molecular weight excluding hydrogens is 261 g/mol. The van der Waals surface area contributed by atoms with Gasteiger partial charge in [0.15, 0.2) is 0 Å². The van der Waals surface area contributed by atoms with E-state index in [2.05, 4.69) is 0 Å². The quantitative estimate of drug-likeness (QED) is 0.680. The van der Waals surface area contributed by atoms with Gasteiger partial charge in [-0.15, -0.1) is 0 Å². The van der Waals surface area contributed by atoms with Gasteiger partial charge in [-0.1, -0.05) is 12.8 Å². The molecule has 110 valence electrons. The lowest BCUT2D eigenvalue weighted by atomic mass is 9.83. The maximum atomic E-state index is 13.2. The molecule has 6 heteroatoms. The first kappa shape index (κ1) is 14.7. The summed E-state index contributed by atoms with van der Waals surface area (Å²) >= 11 is 0. The predicted molar refractivity (Wildman–Crippen MR) is 76.3 cm³/mol. The monoisotopic (exact) mass is 281 g/mol. The number of benzene rings is 1. The number of halogens is 1. The van der Waals surface area contributed by atoms with Crippen LogP contribution in [0.15, 0.2) is 18.2 Å². The zero-order valence-electron chi connectivity index (χ0n) is 11.6. The number of nitrogens with two attached hydrogens (primary N) is 1. The van der Waals surface area contributed by atoms with Crippen molar-refractivity contribution in [3.8, 4) is 0 Å². The fourth-order valence-electron chi connectivity index (χ4n) is 3.09. The Morgan fingerprint density at radius 2 is 2.15 bits per heavy atom. The Bertz CT molecular complexity index is 495. The third-order valence-electron chi connectivity index (χ3n) is 4.18. The summed E-state index contributed by atoms with van der Waals surface area (Å²) < 4.78 is 13.2. The van der Waals surface area contributed by atoms with E-state index in [1.165, 1.54) is 12.1 Å². The van der Waals surface area contributed by atoms with E-state index >= 15 is 0 Å². The second-order valence-corrected chi connectivity index (χ2v) is 5.35. The van der Waals surface area contributed by atoms with Crippen molar-refractivity contribution in [2.24, 2.45) is 11.7 Å². The fourth-order valence-corrected chi connectivity index (χ4v) is 3.09. The number of nitrogens with zero attached hydrogens (tertiary/aromatic N) is 2. The summed E-state index contributed by atoms with van der Waals surface area (Å²) in [5, 5.41) is 11.1. The molecular formula is C14H20FN3O2. The number of hydrogen-bond donors (Lipinski definition) is 1. The third kappa shape index (κ3) is 2.90. The van der Waals surface area contributed by atoms with Crippen LogP contribution in [0, 0.1) is 21.8 Å². The molecule has 1 aliphatic rings. The van der Waals surface area contributed by atoms with Gasteiger partial charge >= 0.3 is 0 Å². The van der Waals surface area contributed by atoms with Gasteiger partial charge in [-0.25, -0.2) is 4.39 Å². The van der Waals surface area contributed by atoms with Crippen LogP contribution in [0.25, 0.3) is 0 Å². The number of nitro groups is 1. The molecule has 0 amide bonds. The van der Waals surface area contributed by atoms with Crippen molar-refractivity contribution < 1.29 is 9.31 Å². The molecule has 0 spiro atoms. The minimum absolute atomic E-state index is 0.179. The summed E-state index contributed by atoms with van der Waals surface area (Å²) in [6.45, 7) is 0.573. The maximum Gasteiger partial charge on any atom is 0.295 e.